The van der Waals surface area contributed by atoms with E-state index in [0.29, 0.717) is 18.5 Å². The van der Waals surface area contributed by atoms with Crippen molar-refractivity contribution in [2.75, 3.05) is 11.9 Å². The Morgan fingerprint density at radius 3 is 2.62 bits per heavy atom. The van der Waals surface area contributed by atoms with Crippen molar-refractivity contribution in [3.63, 3.8) is 0 Å². The first-order valence-electron chi connectivity index (χ1n) is 7.38. The van der Waals surface area contributed by atoms with E-state index in [1.807, 2.05) is 20.8 Å². The van der Waals surface area contributed by atoms with E-state index in [-0.39, 0.29) is 17.9 Å². The van der Waals surface area contributed by atoms with Gasteiger partial charge in [0, 0.05) is 30.3 Å². The molecule has 2 amide bonds. The summed E-state index contributed by atoms with van der Waals surface area (Å²) in [5.41, 5.74) is 7.88. The van der Waals surface area contributed by atoms with Gasteiger partial charge in [0.15, 0.2) is 0 Å². The minimum atomic E-state index is -0.101. The van der Waals surface area contributed by atoms with Crippen LogP contribution in [0.1, 0.15) is 49.0 Å². The SMILES string of the molecule is CCNC(=O)c1ccc(NC(=O)CCCC(C)N)c(C)c1. The number of rotatable bonds is 7. The number of hydrogen-bond donors (Lipinski definition) is 3. The molecule has 1 aromatic rings. The zero-order valence-electron chi connectivity index (χ0n) is 13.0. The molecule has 5 heteroatoms. The molecule has 0 bridgehead atoms. The second kappa shape index (κ2) is 8.42. The summed E-state index contributed by atoms with van der Waals surface area (Å²) < 4.78 is 0. The van der Waals surface area contributed by atoms with Gasteiger partial charge in [0.1, 0.15) is 0 Å². The van der Waals surface area contributed by atoms with Gasteiger partial charge in [-0.1, -0.05) is 0 Å². The van der Waals surface area contributed by atoms with Gasteiger partial charge < -0.3 is 16.4 Å². The van der Waals surface area contributed by atoms with E-state index < -0.39 is 0 Å². The van der Waals surface area contributed by atoms with E-state index >= 15 is 0 Å². The average molecular weight is 291 g/mol. The van der Waals surface area contributed by atoms with E-state index in [1.165, 1.54) is 0 Å². The van der Waals surface area contributed by atoms with Crippen LogP contribution in [0, 0.1) is 6.92 Å². The number of benzene rings is 1. The third kappa shape index (κ3) is 5.95. The van der Waals surface area contributed by atoms with E-state index in [2.05, 4.69) is 10.6 Å². The minimum absolute atomic E-state index is 0.0236. The van der Waals surface area contributed by atoms with Gasteiger partial charge in [-0.2, -0.15) is 0 Å². The van der Waals surface area contributed by atoms with Crippen molar-refractivity contribution in [1.29, 1.82) is 0 Å². The molecule has 0 aliphatic heterocycles. The number of anilines is 1. The van der Waals surface area contributed by atoms with Crippen LogP contribution in [0.5, 0.6) is 0 Å². The molecule has 1 rings (SSSR count). The van der Waals surface area contributed by atoms with Crippen LogP contribution in [0.4, 0.5) is 5.69 Å². The van der Waals surface area contributed by atoms with Crippen LogP contribution in [0.15, 0.2) is 18.2 Å². The summed E-state index contributed by atoms with van der Waals surface area (Å²) in [6, 6.07) is 5.39. The number of nitrogens with two attached hydrogens (primary N) is 1. The summed E-state index contributed by atoms with van der Waals surface area (Å²) in [5.74, 6) is -0.125. The quantitative estimate of drug-likeness (QED) is 0.720. The van der Waals surface area contributed by atoms with E-state index in [9.17, 15) is 9.59 Å². The van der Waals surface area contributed by atoms with Crippen molar-refractivity contribution in [2.24, 2.45) is 5.73 Å². The third-order valence-corrected chi connectivity index (χ3v) is 3.16. The van der Waals surface area contributed by atoms with Crippen LogP contribution in [-0.4, -0.2) is 24.4 Å². The van der Waals surface area contributed by atoms with Crippen LogP contribution in [0.2, 0.25) is 0 Å². The van der Waals surface area contributed by atoms with Crippen LogP contribution < -0.4 is 16.4 Å². The molecule has 5 nitrogen and oxygen atoms in total. The van der Waals surface area contributed by atoms with Crippen LogP contribution in [0.25, 0.3) is 0 Å². The summed E-state index contributed by atoms with van der Waals surface area (Å²) in [6.07, 6.45) is 2.07. The Hall–Kier alpha value is -1.88. The molecule has 0 heterocycles. The Kier molecular flexibility index (Phi) is 6.88. The largest absolute Gasteiger partial charge is 0.352 e. The predicted octanol–water partition coefficient (Wildman–Crippen LogP) is 2.20. The topological polar surface area (TPSA) is 84.2 Å². The molecule has 0 aromatic heterocycles. The third-order valence-electron chi connectivity index (χ3n) is 3.16. The van der Waals surface area contributed by atoms with Crippen molar-refractivity contribution in [3.05, 3.63) is 29.3 Å². The zero-order chi connectivity index (χ0) is 15.8. The van der Waals surface area contributed by atoms with Crippen molar-refractivity contribution in [1.82, 2.24) is 5.32 Å². The highest BCUT2D eigenvalue weighted by atomic mass is 16.2. The fraction of sp³-hybridized carbons (Fsp3) is 0.500. The predicted molar refractivity (Wildman–Crippen MR) is 85.3 cm³/mol. The molecule has 0 aliphatic carbocycles. The molecule has 116 valence electrons. The highest BCUT2D eigenvalue weighted by Crippen LogP contribution is 2.17. The first-order chi connectivity index (χ1) is 9.93. The minimum Gasteiger partial charge on any atom is -0.352 e. The maximum Gasteiger partial charge on any atom is 0.251 e. The standard InChI is InChI=1S/C16H25N3O2/c1-4-18-16(21)13-8-9-14(11(2)10-13)19-15(20)7-5-6-12(3)17/h8-10,12H,4-7,17H2,1-3H3,(H,18,21)(H,19,20). The van der Waals surface area contributed by atoms with Gasteiger partial charge in [0.2, 0.25) is 5.91 Å². The Morgan fingerprint density at radius 2 is 2.05 bits per heavy atom. The first kappa shape index (κ1) is 17.2. The van der Waals surface area contributed by atoms with Gasteiger partial charge in [-0.05, 0) is 57.4 Å². The maximum atomic E-state index is 11.8. The summed E-state index contributed by atoms with van der Waals surface area (Å²) in [6.45, 7) is 6.28. The fourth-order valence-electron chi connectivity index (χ4n) is 2.01. The number of carbonyl (C=O) groups is 2. The van der Waals surface area contributed by atoms with Gasteiger partial charge in [-0.15, -0.1) is 0 Å². The van der Waals surface area contributed by atoms with Gasteiger partial charge in [-0.25, -0.2) is 0 Å². The Labute approximate surface area is 126 Å². The second-order valence-electron chi connectivity index (χ2n) is 5.31. The van der Waals surface area contributed by atoms with Crippen LogP contribution >= 0.6 is 0 Å². The lowest BCUT2D eigenvalue weighted by Crippen LogP contribution is -2.22. The number of hydrogen-bond acceptors (Lipinski definition) is 3. The molecule has 1 atom stereocenters. The fourth-order valence-corrected chi connectivity index (χ4v) is 2.01. The van der Waals surface area contributed by atoms with Crippen molar-refractivity contribution < 1.29 is 9.59 Å². The molecular formula is C16H25N3O2. The van der Waals surface area contributed by atoms with Crippen molar-refractivity contribution in [2.45, 2.75) is 46.1 Å². The lowest BCUT2D eigenvalue weighted by molar-refractivity contribution is -0.116. The lowest BCUT2D eigenvalue weighted by Gasteiger charge is -2.11. The van der Waals surface area contributed by atoms with E-state index in [1.54, 1.807) is 18.2 Å². The molecule has 1 aromatic carbocycles. The normalized spacial score (nSPS) is 11.8. The molecular weight excluding hydrogens is 266 g/mol. The Bertz CT molecular complexity index is 498. The monoisotopic (exact) mass is 291 g/mol. The van der Waals surface area contributed by atoms with Gasteiger partial charge in [-0.3, -0.25) is 9.59 Å². The lowest BCUT2D eigenvalue weighted by atomic mass is 10.1. The molecule has 4 N–H and O–H groups in total. The molecule has 0 fully saturated rings. The summed E-state index contributed by atoms with van der Waals surface area (Å²) in [5, 5.41) is 5.62. The van der Waals surface area contributed by atoms with E-state index in [0.717, 1.165) is 24.1 Å². The molecule has 0 saturated carbocycles. The summed E-state index contributed by atoms with van der Waals surface area (Å²) >= 11 is 0. The average Bonchev–Trinajstić information content (AvgIpc) is 2.41. The van der Waals surface area contributed by atoms with Crippen molar-refractivity contribution in [3.8, 4) is 0 Å². The highest BCUT2D eigenvalue weighted by Gasteiger charge is 2.09. The summed E-state index contributed by atoms with van der Waals surface area (Å²) in [7, 11) is 0. The maximum absolute atomic E-state index is 11.8. The van der Waals surface area contributed by atoms with Crippen molar-refractivity contribution >= 4 is 17.5 Å². The molecule has 21 heavy (non-hydrogen) atoms. The Balaban J connectivity index is 2.60. The number of carbonyl (C=O) groups excluding carboxylic acids is 2. The van der Waals surface area contributed by atoms with Crippen LogP contribution in [0.3, 0.4) is 0 Å². The number of aryl methyl sites for hydroxylation is 1. The van der Waals surface area contributed by atoms with Crippen LogP contribution in [-0.2, 0) is 4.79 Å². The number of amides is 2. The molecule has 0 aliphatic rings. The first-order valence-corrected chi connectivity index (χ1v) is 7.38. The summed E-state index contributed by atoms with van der Waals surface area (Å²) in [4.78, 5) is 23.6. The van der Waals surface area contributed by atoms with E-state index in [4.69, 9.17) is 5.73 Å². The number of nitrogens with one attached hydrogen (secondary N) is 2. The molecule has 0 saturated heterocycles. The molecule has 1 unspecified atom stereocenters. The van der Waals surface area contributed by atoms with Gasteiger partial charge in [0.25, 0.3) is 5.91 Å². The molecule has 0 spiro atoms. The highest BCUT2D eigenvalue weighted by molar-refractivity contribution is 5.96. The Morgan fingerprint density at radius 1 is 1.33 bits per heavy atom. The second-order valence-corrected chi connectivity index (χ2v) is 5.31. The molecule has 0 radical (unpaired) electrons. The van der Waals surface area contributed by atoms with Gasteiger partial charge in [0.05, 0.1) is 0 Å². The smallest absolute Gasteiger partial charge is 0.251 e. The van der Waals surface area contributed by atoms with Gasteiger partial charge >= 0.3 is 0 Å². The zero-order valence-corrected chi connectivity index (χ0v) is 13.0.